The zero-order valence-corrected chi connectivity index (χ0v) is 13.2. The van der Waals surface area contributed by atoms with E-state index in [1.807, 2.05) is 0 Å². The van der Waals surface area contributed by atoms with Crippen LogP contribution in [0.4, 0.5) is 21.6 Å². The Hall–Kier alpha value is -3.55. The Morgan fingerprint density at radius 3 is 2.84 bits per heavy atom. The molecule has 1 aromatic carbocycles. The van der Waals surface area contributed by atoms with Gasteiger partial charge in [-0.1, -0.05) is 6.07 Å². The van der Waals surface area contributed by atoms with Crippen LogP contribution in [-0.2, 0) is 4.74 Å². The Labute approximate surface area is 142 Å². The fourth-order valence-electron chi connectivity index (χ4n) is 2.26. The number of esters is 1. The minimum atomic E-state index is -0.756. The number of aromatic nitrogens is 3. The molecule has 0 atom stereocenters. The van der Waals surface area contributed by atoms with Crippen molar-refractivity contribution in [3.63, 3.8) is 0 Å². The average Bonchev–Trinajstić information content (AvgIpc) is 2.61. The number of anilines is 3. The lowest BCUT2D eigenvalue weighted by Gasteiger charge is -2.09. The van der Waals surface area contributed by atoms with Gasteiger partial charge >= 0.3 is 5.97 Å². The number of hydrogen-bond acceptors (Lipinski definition) is 7. The fraction of sp³-hybridized carbons (Fsp3) is 0.0588. The van der Waals surface area contributed by atoms with Gasteiger partial charge in [0.15, 0.2) is 0 Å². The molecule has 0 fully saturated rings. The fourth-order valence-corrected chi connectivity index (χ4v) is 2.26. The van der Waals surface area contributed by atoms with Gasteiger partial charge < -0.3 is 15.8 Å². The molecule has 0 spiro atoms. The Balaban J connectivity index is 1.96. The Bertz CT molecular complexity index is 932. The maximum atomic E-state index is 14.6. The lowest BCUT2D eigenvalue weighted by atomic mass is 10.1. The quantitative estimate of drug-likeness (QED) is 0.704. The van der Waals surface area contributed by atoms with Crippen LogP contribution in [-0.4, -0.2) is 28.3 Å². The molecule has 0 saturated carbocycles. The summed E-state index contributed by atoms with van der Waals surface area (Å²) in [5, 5.41) is 10.9. The summed E-state index contributed by atoms with van der Waals surface area (Å²) >= 11 is 0. The highest BCUT2D eigenvalue weighted by atomic mass is 19.1. The summed E-state index contributed by atoms with van der Waals surface area (Å²) in [4.78, 5) is 15.5. The maximum Gasteiger partial charge on any atom is 0.340 e. The number of methoxy groups -OCH3 is 1. The third-order valence-electron chi connectivity index (χ3n) is 3.40. The molecule has 0 radical (unpaired) electrons. The first-order chi connectivity index (χ1) is 12.1. The van der Waals surface area contributed by atoms with E-state index in [1.165, 1.54) is 25.4 Å². The molecule has 0 unspecified atom stereocenters. The second kappa shape index (κ2) is 6.91. The van der Waals surface area contributed by atoms with Crippen molar-refractivity contribution in [2.75, 3.05) is 18.2 Å². The number of ether oxygens (including phenoxy) is 1. The van der Waals surface area contributed by atoms with Gasteiger partial charge in [0.05, 0.1) is 30.3 Å². The van der Waals surface area contributed by atoms with Crippen molar-refractivity contribution in [2.45, 2.75) is 0 Å². The van der Waals surface area contributed by atoms with E-state index in [1.54, 1.807) is 30.5 Å². The van der Waals surface area contributed by atoms with Gasteiger partial charge in [-0.25, -0.2) is 14.2 Å². The molecule has 0 bridgehead atoms. The van der Waals surface area contributed by atoms with E-state index < -0.39 is 11.8 Å². The van der Waals surface area contributed by atoms with Crippen LogP contribution < -0.4 is 11.1 Å². The summed E-state index contributed by atoms with van der Waals surface area (Å²) in [6, 6.07) is 9.41. The SMILES string of the molecule is COC(=O)c1cccc(-c2cc(Nc3ccnc(N)c3)cnn2)c1F. The van der Waals surface area contributed by atoms with Gasteiger partial charge in [-0.3, -0.25) is 0 Å². The number of nitrogen functional groups attached to an aromatic ring is 1. The lowest BCUT2D eigenvalue weighted by Crippen LogP contribution is -2.06. The average molecular weight is 339 g/mol. The maximum absolute atomic E-state index is 14.6. The molecule has 0 aliphatic rings. The molecule has 7 nitrogen and oxygen atoms in total. The molecular weight excluding hydrogens is 325 g/mol. The monoisotopic (exact) mass is 339 g/mol. The molecule has 3 N–H and O–H groups in total. The van der Waals surface area contributed by atoms with Crippen LogP contribution in [0.15, 0.2) is 48.8 Å². The number of carbonyl (C=O) groups is 1. The predicted octanol–water partition coefficient (Wildman–Crippen LogP) is 2.79. The number of benzene rings is 1. The van der Waals surface area contributed by atoms with Gasteiger partial charge in [0.25, 0.3) is 0 Å². The first-order valence-corrected chi connectivity index (χ1v) is 7.27. The predicted molar refractivity (Wildman–Crippen MR) is 90.7 cm³/mol. The number of nitrogens with one attached hydrogen (secondary N) is 1. The normalized spacial score (nSPS) is 10.3. The van der Waals surface area contributed by atoms with Crippen molar-refractivity contribution < 1.29 is 13.9 Å². The number of halogens is 1. The molecule has 3 rings (SSSR count). The van der Waals surface area contributed by atoms with Gasteiger partial charge in [-0.15, -0.1) is 0 Å². The molecule has 25 heavy (non-hydrogen) atoms. The zero-order valence-electron chi connectivity index (χ0n) is 13.2. The molecule has 3 aromatic rings. The van der Waals surface area contributed by atoms with E-state index in [9.17, 15) is 9.18 Å². The van der Waals surface area contributed by atoms with E-state index in [-0.39, 0.29) is 16.8 Å². The number of carbonyl (C=O) groups excluding carboxylic acids is 1. The number of hydrogen-bond donors (Lipinski definition) is 2. The molecule has 126 valence electrons. The highest BCUT2D eigenvalue weighted by Crippen LogP contribution is 2.26. The topological polar surface area (TPSA) is 103 Å². The highest BCUT2D eigenvalue weighted by molar-refractivity contribution is 5.91. The van der Waals surface area contributed by atoms with Gasteiger partial charge in [0.1, 0.15) is 11.6 Å². The smallest absolute Gasteiger partial charge is 0.340 e. The van der Waals surface area contributed by atoms with E-state index in [0.717, 1.165) is 0 Å². The summed E-state index contributed by atoms with van der Waals surface area (Å²) in [6.07, 6.45) is 3.05. The highest BCUT2D eigenvalue weighted by Gasteiger charge is 2.17. The second-order valence-electron chi connectivity index (χ2n) is 5.08. The second-order valence-corrected chi connectivity index (χ2v) is 5.08. The van der Waals surface area contributed by atoms with E-state index in [4.69, 9.17) is 5.73 Å². The van der Waals surface area contributed by atoms with Gasteiger partial charge in [-0.2, -0.15) is 10.2 Å². The zero-order chi connectivity index (χ0) is 17.8. The van der Waals surface area contributed by atoms with Gasteiger partial charge in [-0.05, 0) is 24.3 Å². The van der Waals surface area contributed by atoms with E-state index in [2.05, 4.69) is 25.2 Å². The molecule has 2 aromatic heterocycles. The first kappa shape index (κ1) is 16.3. The number of pyridine rings is 1. The number of rotatable bonds is 4. The number of nitrogens with two attached hydrogens (primary N) is 1. The summed E-state index contributed by atoms with van der Waals surface area (Å²) in [7, 11) is 1.19. The van der Waals surface area contributed by atoms with Crippen LogP contribution in [0.3, 0.4) is 0 Å². The third kappa shape index (κ3) is 3.52. The Kier molecular flexibility index (Phi) is 4.51. The van der Waals surface area contributed by atoms with Crippen molar-refractivity contribution in [3.8, 4) is 11.3 Å². The van der Waals surface area contributed by atoms with Crippen LogP contribution in [0.2, 0.25) is 0 Å². The number of nitrogens with zero attached hydrogens (tertiary/aromatic N) is 3. The van der Waals surface area contributed by atoms with Crippen molar-refractivity contribution in [1.29, 1.82) is 0 Å². The molecule has 0 saturated heterocycles. The van der Waals surface area contributed by atoms with Crippen molar-refractivity contribution in [3.05, 3.63) is 60.2 Å². The van der Waals surface area contributed by atoms with E-state index in [0.29, 0.717) is 17.2 Å². The van der Waals surface area contributed by atoms with Crippen molar-refractivity contribution >= 4 is 23.2 Å². The van der Waals surface area contributed by atoms with E-state index >= 15 is 0 Å². The first-order valence-electron chi connectivity index (χ1n) is 7.27. The van der Waals surface area contributed by atoms with Crippen LogP contribution in [0, 0.1) is 5.82 Å². The van der Waals surface area contributed by atoms with Crippen LogP contribution in [0.5, 0.6) is 0 Å². The van der Waals surface area contributed by atoms with Crippen LogP contribution >= 0.6 is 0 Å². The Morgan fingerprint density at radius 1 is 1.24 bits per heavy atom. The molecule has 0 aliphatic carbocycles. The molecule has 0 aliphatic heterocycles. The van der Waals surface area contributed by atoms with Gasteiger partial charge in [0.2, 0.25) is 0 Å². The summed E-state index contributed by atoms with van der Waals surface area (Å²) in [5.41, 5.74) is 7.18. The molecule has 2 heterocycles. The summed E-state index contributed by atoms with van der Waals surface area (Å²) < 4.78 is 19.2. The van der Waals surface area contributed by atoms with Crippen molar-refractivity contribution in [2.24, 2.45) is 0 Å². The minimum Gasteiger partial charge on any atom is -0.465 e. The largest absolute Gasteiger partial charge is 0.465 e. The minimum absolute atomic E-state index is 0.147. The van der Waals surface area contributed by atoms with Gasteiger partial charge in [0, 0.05) is 23.5 Å². The van der Waals surface area contributed by atoms with Crippen LogP contribution in [0.25, 0.3) is 11.3 Å². The molecular formula is C17H14FN5O2. The standard InChI is InChI=1S/C17H14FN5O2/c1-25-17(24)13-4-2-3-12(16(13)18)14-7-11(9-21-23-14)22-10-5-6-20-15(19)8-10/h2-9H,1H3,(H3,19,20,22,23). The molecule has 0 amide bonds. The lowest BCUT2D eigenvalue weighted by molar-refractivity contribution is 0.0595. The molecule has 8 heteroatoms. The van der Waals surface area contributed by atoms with Crippen LogP contribution in [0.1, 0.15) is 10.4 Å². The van der Waals surface area contributed by atoms with Crippen molar-refractivity contribution in [1.82, 2.24) is 15.2 Å². The Morgan fingerprint density at radius 2 is 2.08 bits per heavy atom. The third-order valence-corrected chi connectivity index (χ3v) is 3.40. The summed E-state index contributed by atoms with van der Waals surface area (Å²) in [6.45, 7) is 0. The summed E-state index contributed by atoms with van der Waals surface area (Å²) in [5.74, 6) is -1.10.